The number of nitrogens with zero attached hydrogens (tertiary/aromatic N) is 6. The molecule has 1 fully saturated rings. The predicted octanol–water partition coefficient (Wildman–Crippen LogP) is 5.07. The molecule has 0 atom stereocenters. The second-order valence-electron chi connectivity index (χ2n) is 8.48. The SMILES string of the molecule is Cc1nc(-n2[nH]c(C)c(N=Nc3ccccc3N3CCN(C)CC3)c2=O)sc1-c1ccccc1. The van der Waals surface area contributed by atoms with Crippen molar-refractivity contribution in [1.29, 1.82) is 0 Å². The Kier molecular flexibility index (Phi) is 6.12. The molecule has 1 saturated heterocycles. The number of hydrogen-bond donors (Lipinski definition) is 1. The second kappa shape index (κ2) is 9.36. The number of rotatable bonds is 5. The van der Waals surface area contributed by atoms with Gasteiger partial charge in [-0.25, -0.2) is 4.98 Å². The minimum atomic E-state index is -0.258. The Morgan fingerprint density at radius 3 is 2.41 bits per heavy atom. The van der Waals surface area contributed by atoms with E-state index in [4.69, 9.17) is 0 Å². The molecule has 9 heteroatoms. The van der Waals surface area contributed by atoms with Gasteiger partial charge >= 0.3 is 5.56 Å². The lowest BCUT2D eigenvalue weighted by Crippen LogP contribution is -2.44. The van der Waals surface area contributed by atoms with Gasteiger partial charge in [-0.1, -0.05) is 53.8 Å². The Labute approximate surface area is 202 Å². The van der Waals surface area contributed by atoms with Crippen molar-refractivity contribution < 1.29 is 0 Å². The molecule has 0 radical (unpaired) electrons. The molecule has 34 heavy (non-hydrogen) atoms. The number of aryl methyl sites for hydroxylation is 2. The van der Waals surface area contributed by atoms with Crippen LogP contribution in [0.1, 0.15) is 11.4 Å². The molecule has 8 nitrogen and oxygen atoms in total. The molecular formula is C25H27N7OS. The van der Waals surface area contributed by atoms with Gasteiger partial charge in [0.1, 0.15) is 5.69 Å². The topological polar surface area (TPSA) is 81.9 Å². The highest BCUT2D eigenvalue weighted by molar-refractivity contribution is 7.17. The van der Waals surface area contributed by atoms with Gasteiger partial charge in [0.15, 0.2) is 5.69 Å². The van der Waals surface area contributed by atoms with Crippen molar-refractivity contribution in [3.63, 3.8) is 0 Å². The number of hydrogen-bond acceptors (Lipinski definition) is 7. The van der Waals surface area contributed by atoms with Gasteiger partial charge in [0, 0.05) is 26.2 Å². The number of azo groups is 1. The Morgan fingerprint density at radius 2 is 1.65 bits per heavy atom. The van der Waals surface area contributed by atoms with Gasteiger partial charge in [0.2, 0.25) is 5.13 Å². The Balaban J connectivity index is 1.45. The van der Waals surface area contributed by atoms with Crippen LogP contribution in [-0.4, -0.2) is 52.9 Å². The lowest BCUT2D eigenvalue weighted by Gasteiger charge is -2.34. The number of piperazine rings is 1. The van der Waals surface area contributed by atoms with Crippen molar-refractivity contribution in [2.24, 2.45) is 10.2 Å². The zero-order valence-corrected chi connectivity index (χ0v) is 20.3. The summed E-state index contributed by atoms with van der Waals surface area (Å²) in [5.74, 6) is 0. The van der Waals surface area contributed by atoms with E-state index in [0.717, 1.165) is 53.7 Å². The van der Waals surface area contributed by atoms with E-state index in [1.807, 2.05) is 62.4 Å². The van der Waals surface area contributed by atoms with Crippen molar-refractivity contribution >= 4 is 28.4 Å². The fourth-order valence-corrected chi connectivity index (χ4v) is 5.13. The van der Waals surface area contributed by atoms with E-state index in [2.05, 4.69) is 43.2 Å². The molecule has 3 heterocycles. The minimum Gasteiger partial charge on any atom is -0.367 e. The molecule has 0 aliphatic carbocycles. The van der Waals surface area contributed by atoms with Gasteiger partial charge in [0.05, 0.1) is 22.0 Å². The Hall–Kier alpha value is -3.56. The third-order valence-corrected chi connectivity index (χ3v) is 7.23. The molecule has 0 unspecified atom stereocenters. The number of likely N-dealkylation sites (N-methyl/N-ethyl adjacent to an activating group) is 1. The number of aromatic nitrogens is 3. The summed E-state index contributed by atoms with van der Waals surface area (Å²) in [5.41, 5.74) is 4.45. The molecule has 4 aromatic rings. The summed E-state index contributed by atoms with van der Waals surface area (Å²) in [4.78, 5) is 23.5. The van der Waals surface area contributed by atoms with Crippen LogP contribution in [-0.2, 0) is 0 Å². The molecule has 5 rings (SSSR count). The average molecular weight is 474 g/mol. The van der Waals surface area contributed by atoms with Crippen LogP contribution in [0.3, 0.4) is 0 Å². The fourth-order valence-electron chi connectivity index (χ4n) is 4.09. The quantitative estimate of drug-likeness (QED) is 0.410. The first-order valence-electron chi connectivity index (χ1n) is 11.3. The second-order valence-corrected chi connectivity index (χ2v) is 9.46. The molecule has 2 aromatic heterocycles. The number of H-pyrrole nitrogens is 1. The van der Waals surface area contributed by atoms with Crippen LogP contribution in [0.25, 0.3) is 15.6 Å². The van der Waals surface area contributed by atoms with E-state index in [0.29, 0.717) is 16.5 Å². The van der Waals surface area contributed by atoms with E-state index >= 15 is 0 Å². The van der Waals surface area contributed by atoms with Gasteiger partial charge in [-0.3, -0.25) is 9.89 Å². The summed E-state index contributed by atoms with van der Waals surface area (Å²) in [6.45, 7) is 7.67. The maximum absolute atomic E-state index is 13.2. The van der Waals surface area contributed by atoms with Gasteiger partial charge in [0.25, 0.3) is 0 Å². The molecule has 0 amide bonds. The third-order valence-electron chi connectivity index (χ3n) is 6.04. The first-order chi connectivity index (χ1) is 16.5. The van der Waals surface area contributed by atoms with E-state index in [1.54, 1.807) is 0 Å². The normalized spacial score (nSPS) is 14.9. The van der Waals surface area contributed by atoms with E-state index in [1.165, 1.54) is 16.0 Å². The summed E-state index contributed by atoms with van der Waals surface area (Å²) < 4.78 is 1.46. The van der Waals surface area contributed by atoms with Crippen molar-refractivity contribution in [2.75, 3.05) is 38.1 Å². The van der Waals surface area contributed by atoms with Crippen LogP contribution < -0.4 is 10.5 Å². The summed E-state index contributed by atoms with van der Waals surface area (Å²) in [6.07, 6.45) is 0. The predicted molar refractivity (Wildman–Crippen MR) is 137 cm³/mol. The first kappa shape index (κ1) is 22.2. The summed E-state index contributed by atoms with van der Waals surface area (Å²) >= 11 is 1.48. The van der Waals surface area contributed by atoms with E-state index in [-0.39, 0.29) is 5.56 Å². The van der Waals surface area contributed by atoms with Crippen LogP contribution in [0.5, 0.6) is 0 Å². The van der Waals surface area contributed by atoms with Gasteiger partial charge in [-0.2, -0.15) is 4.68 Å². The molecule has 0 bridgehead atoms. The molecule has 1 aliphatic rings. The zero-order chi connectivity index (χ0) is 23.7. The number of thiazole rings is 1. The Bertz CT molecular complexity index is 1380. The number of benzene rings is 2. The minimum absolute atomic E-state index is 0.258. The zero-order valence-electron chi connectivity index (χ0n) is 19.5. The third kappa shape index (κ3) is 4.32. The molecule has 0 spiro atoms. The van der Waals surface area contributed by atoms with Crippen LogP contribution in [0.4, 0.5) is 17.1 Å². The van der Waals surface area contributed by atoms with Crippen LogP contribution in [0.2, 0.25) is 0 Å². The highest BCUT2D eigenvalue weighted by Crippen LogP contribution is 2.33. The number of aromatic amines is 1. The average Bonchev–Trinajstić information content (AvgIpc) is 3.38. The fraction of sp³-hybridized carbons (Fsp3) is 0.280. The lowest BCUT2D eigenvalue weighted by atomic mass is 10.2. The summed E-state index contributed by atoms with van der Waals surface area (Å²) in [5, 5.41) is 12.6. The number of nitrogens with one attached hydrogen (secondary N) is 1. The molecule has 174 valence electrons. The number of para-hydroxylation sites is 1. The first-order valence-corrected chi connectivity index (χ1v) is 12.1. The highest BCUT2D eigenvalue weighted by atomic mass is 32.1. The maximum Gasteiger partial charge on any atom is 0.301 e. The smallest absolute Gasteiger partial charge is 0.301 e. The van der Waals surface area contributed by atoms with Crippen molar-refractivity contribution in [3.8, 4) is 15.6 Å². The standard InChI is InChI=1S/C25H27N7OS/c1-17-22(28-27-20-11-7-8-12-21(20)31-15-13-30(3)14-16-31)24(33)32(29-17)25-26-18(2)23(34-25)19-9-5-4-6-10-19/h4-12,29H,13-16H2,1-3H3. The van der Waals surface area contributed by atoms with E-state index < -0.39 is 0 Å². The van der Waals surface area contributed by atoms with Crippen LogP contribution in [0.15, 0.2) is 69.6 Å². The monoisotopic (exact) mass is 473 g/mol. The number of anilines is 1. The summed E-state index contributed by atoms with van der Waals surface area (Å²) in [6, 6.07) is 18.0. The van der Waals surface area contributed by atoms with E-state index in [9.17, 15) is 4.79 Å². The van der Waals surface area contributed by atoms with Gasteiger partial charge in [-0.15, -0.1) is 10.2 Å². The largest absolute Gasteiger partial charge is 0.367 e. The van der Waals surface area contributed by atoms with Gasteiger partial charge in [-0.05, 0) is 38.6 Å². The molecule has 0 saturated carbocycles. The lowest BCUT2D eigenvalue weighted by molar-refractivity contribution is 0.313. The summed E-state index contributed by atoms with van der Waals surface area (Å²) in [7, 11) is 2.13. The highest BCUT2D eigenvalue weighted by Gasteiger charge is 2.19. The molecular weight excluding hydrogens is 446 g/mol. The van der Waals surface area contributed by atoms with Crippen molar-refractivity contribution in [2.45, 2.75) is 13.8 Å². The van der Waals surface area contributed by atoms with Gasteiger partial charge < -0.3 is 9.80 Å². The Morgan fingerprint density at radius 1 is 0.941 bits per heavy atom. The van der Waals surface area contributed by atoms with Crippen molar-refractivity contribution in [3.05, 3.63) is 76.3 Å². The van der Waals surface area contributed by atoms with Crippen LogP contribution in [0, 0.1) is 13.8 Å². The molecule has 1 N–H and O–H groups in total. The molecule has 1 aliphatic heterocycles. The van der Waals surface area contributed by atoms with Crippen LogP contribution >= 0.6 is 11.3 Å². The maximum atomic E-state index is 13.2. The van der Waals surface area contributed by atoms with Crippen molar-refractivity contribution in [1.82, 2.24) is 19.7 Å². The molecule has 2 aromatic carbocycles.